The summed E-state index contributed by atoms with van der Waals surface area (Å²) in [6.07, 6.45) is 0. The van der Waals surface area contributed by atoms with Gasteiger partial charge in [-0.3, -0.25) is 0 Å². The van der Waals surface area contributed by atoms with E-state index in [-0.39, 0.29) is 0 Å². The number of ether oxygens (including phenoxy) is 1. The van der Waals surface area contributed by atoms with E-state index in [2.05, 4.69) is 5.10 Å². The van der Waals surface area contributed by atoms with Crippen LogP contribution >= 0.6 is 0 Å². The first-order chi connectivity index (χ1) is 13.1. The monoisotopic (exact) mass is 388 g/mol. The predicted octanol–water partition coefficient (Wildman–Crippen LogP) is -1.13. The van der Waals surface area contributed by atoms with Crippen molar-refractivity contribution >= 4 is 0 Å². The molecule has 1 aliphatic heterocycles. The Morgan fingerprint density at radius 1 is 1.00 bits per heavy atom. The maximum atomic E-state index is 12.9. The van der Waals surface area contributed by atoms with E-state index in [0.29, 0.717) is 17.0 Å². The second-order valence-electron chi connectivity index (χ2n) is 7.36. The maximum absolute atomic E-state index is 12.9. The van der Waals surface area contributed by atoms with E-state index in [1.54, 1.807) is 32.0 Å². The quantitative estimate of drug-likeness (QED) is 0.596. The Morgan fingerprint density at radius 2 is 1.68 bits per heavy atom. The zero-order valence-electron chi connectivity index (χ0n) is 16.1. The summed E-state index contributed by atoms with van der Waals surface area (Å²) in [5.41, 5.74) is -2.21. The highest BCUT2D eigenvalue weighted by molar-refractivity contribution is 5.50. The summed E-state index contributed by atoms with van der Waals surface area (Å²) in [5.74, 6) is 0.487. The molecule has 1 aromatic carbocycles. The molecule has 0 radical (unpaired) electrons. The van der Waals surface area contributed by atoms with Crippen LogP contribution in [0.15, 0.2) is 37.4 Å². The number of benzene rings is 1. The standard InChI is InChI=1S/C17H20N6O5/c1-17(2)12(21-14(25)19(3)13(24)18-21)10-7-6-9(28-5)8-11(10)22-15(26)20(4)16(27)23(17)22/h6-8,12H,1-5H3,(H,18,24). The van der Waals surface area contributed by atoms with Crippen molar-refractivity contribution in [3.63, 3.8) is 0 Å². The number of nitrogens with one attached hydrogen (secondary N) is 1. The molecule has 28 heavy (non-hydrogen) atoms. The highest BCUT2D eigenvalue weighted by Crippen LogP contribution is 2.41. The zero-order valence-corrected chi connectivity index (χ0v) is 16.1. The third-order valence-corrected chi connectivity index (χ3v) is 5.38. The molecule has 3 aromatic rings. The van der Waals surface area contributed by atoms with E-state index in [1.165, 1.54) is 35.3 Å². The summed E-state index contributed by atoms with van der Waals surface area (Å²) >= 11 is 0. The van der Waals surface area contributed by atoms with Gasteiger partial charge in [-0.25, -0.2) is 42.8 Å². The summed E-state index contributed by atoms with van der Waals surface area (Å²) in [6.45, 7) is 3.47. The third kappa shape index (κ3) is 2.03. The summed E-state index contributed by atoms with van der Waals surface area (Å²) in [6, 6.07) is 4.32. The van der Waals surface area contributed by atoms with Crippen molar-refractivity contribution < 1.29 is 4.74 Å². The Kier molecular flexibility index (Phi) is 3.52. The second kappa shape index (κ2) is 5.50. The molecule has 0 saturated heterocycles. The molecule has 1 unspecified atom stereocenters. The normalized spacial score (nSPS) is 17.2. The van der Waals surface area contributed by atoms with E-state index < -0.39 is 34.3 Å². The topological polar surface area (TPSA) is 118 Å². The van der Waals surface area contributed by atoms with Gasteiger partial charge >= 0.3 is 22.8 Å². The molecule has 1 aliphatic rings. The average Bonchev–Trinajstić information content (AvgIpc) is 3.04. The van der Waals surface area contributed by atoms with Gasteiger partial charge in [0.1, 0.15) is 11.8 Å². The molecule has 0 spiro atoms. The molecule has 3 heterocycles. The van der Waals surface area contributed by atoms with Gasteiger partial charge in [0.15, 0.2) is 0 Å². The molecule has 11 nitrogen and oxygen atoms in total. The van der Waals surface area contributed by atoms with Gasteiger partial charge in [0, 0.05) is 25.7 Å². The van der Waals surface area contributed by atoms with Crippen LogP contribution in [0.5, 0.6) is 5.75 Å². The third-order valence-electron chi connectivity index (χ3n) is 5.38. The Bertz CT molecular complexity index is 1340. The van der Waals surface area contributed by atoms with Crippen LogP contribution in [0.1, 0.15) is 25.5 Å². The Hall–Kier alpha value is -3.50. The number of fused-ring (bicyclic) bond motifs is 3. The minimum Gasteiger partial charge on any atom is -0.497 e. The van der Waals surface area contributed by atoms with Crippen molar-refractivity contribution in [1.29, 1.82) is 0 Å². The molecule has 1 N–H and O–H groups in total. The number of hydrogen-bond donors (Lipinski definition) is 1. The van der Waals surface area contributed by atoms with Crippen molar-refractivity contribution in [3.05, 3.63) is 65.7 Å². The molecule has 4 rings (SSSR count). The van der Waals surface area contributed by atoms with Crippen LogP contribution in [-0.4, -0.2) is 35.4 Å². The van der Waals surface area contributed by atoms with E-state index in [0.717, 1.165) is 9.13 Å². The highest BCUT2D eigenvalue weighted by atomic mass is 16.5. The highest BCUT2D eigenvalue weighted by Gasteiger charge is 2.45. The number of H-pyrrole nitrogens is 1. The fourth-order valence-corrected chi connectivity index (χ4v) is 3.92. The van der Waals surface area contributed by atoms with Crippen molar-refractivity contribution in [2.75, 3.05) is 7.11 Å². The Morgan fingerprint density at radius 3 is 2.25 bits per heavy atom. The van der Waals surface area contributed by atoms with E-state index in [4.69, 9.17) is 4.74 Å². The SMILES string of the molecule is COc1ccc2c(c1)-n1c(=O)n(C)c(=O)n1C(C)(C)C2n1[nH]c(=O)n(C)c1=O. The molecule has 0 fully saturated rings. The number of hydrogen-bond acceptors (Lipinski definition) is 5. The van der Waals surface area contributed by atoms with Crippen LogP contribution in [0.25, 0.3) is 5.69 Å². The van der Waals surface area contributed by atoms with Gasteiger partial charge in [-0.05, 0) is 19.9 Å². The molecule has 11 heteroatoms. The molecule has 0 aliphatic carbocycles. The van der Waals surface area contributed by atoms with Gasteiger partial charge < -0.3 is 4.74 Å². The first-order valence-corrected chi connectivity index (χ1v) is 8.58. The molecule has 1 atom stereocenters. The van der Waals surface area contributed by atoms with E-state index >= 15 is 0 Å². The van der Waals surface area contributed by atoms with Gasteiger partial charge in [0.25, 0.3) is 0 Å². The molecule has 0 amide bonds. The summed E-state index contributed by atoms with van der Waals surface area (Å²) in [7, 11) is 4.25. The smallest absolute Gasteiger partial charge is 0.351 e. The largest absolute Gasteiger partial charge is 0.497 e. The fourth-order valence-electron chi connectivity index (χ4n) is 3.92. The average molecular weight is 388 g/mol. The van der Waals surface area contributed by atoms with E-state index in [1.807, 2.05) is 0 Å². The van der Waals surface area contributed by atoms with Crippen molar-refractivity contribution in [2.24, 2.45) is 14.1 Å². The summed E-state index contributed by atoms with van der Waals surface area (Å²) in [5, 5.41) is 2.55. The predicted molar refractivity (Wildman–Crippen MR) is 99.6 cm³/mol. The van der Waals surface area contributed by atoms with Gasteiger partial charge in [-0.15, -0.1) is 0 Å². The van der Waals surface area contributed by atoms with Crippen LogP contribution in [0.4, 0.5) is 0 Å². The molecule has 2 aromatic heterocycles. The second-order valence-corrected chi connectivity index (χ2v) is 7.36. The molecule has 0 saturated carbocycles. The number of rotatable bonds is 2. The van der Waals surface area contributed by atoms with Crippen molar-refractivity contribution in [2.45, 2.75) is 25.4 Å². The van der Waals surface area contributed by atoms with Gasteiger partial charge in [0.2, 0.25) is 0 Å². The lowest BCUT2D eigenvalue weighted by molar-refractivity contribution is 0.175. The van der Waals surface area contributed by atoms with Crippen molar-refractivity contribution in [1.82, 2.24) is 28.3 Å². The number of aromatic amines is 1. The lowest BCUT2D eigenvalue weighted by Crippen LogP contribution is -2.52. The van der Waals surface area contributed by atoms with Crippen LogP contribution in [0.2, 0.25) is 0 Å². The van der Waals surface area contributed by atoms with Crippen LogP contribution in [0, 0.1) is 0 Å². The fraction of sp³-hybridized carbons (Fsp3) is 0.412. The van der Waals surface area contributed by atoms with E-state index in [9.17, 15) is 19.2 Å². The number of aromatic nitrogens is 6. The molecule has 148 valence electrons. The van der Waals surface area contributed by atoms with Gasteiger partial charge in [0.05, 0.1) is 18.3 Å². The van der Waals surface area contributed by atoms with Gasteiger partial charge in [-0.1, -0.05) is 6.07 Å². The van der Waals surface area contributed by atoms with Crippen molar-refractivity contribution in [3.8, 4) is 11.4 Å². The lowest BCUT2D eigenvalue weighted by Gasteiger charge is -2.40. The number of methoxy groups -OCH3 is 1. The van der Waals surface area contributed by atoms with Gasteiger partial charge in [-0.2, -0.15) is 4.68 Å². The van der Waals surface area contributed by atoms with Crippen LogP contribution in [0.3, 0.4) is 0 Å². The zero-order chi connectivity index (χ0) is 20.5. The lowest BCUT2D eigenvalue weighted by atomic mass is 9.86. The van der Waals surface area contributed by atoms with Crippen LogP contribution in [-0.2, 0) is 19.6 Å². The van der Waals surface area contributed by atoms with Crippen LogP contribution < -0.4 is 27.5 Å². The number of nitrogens with zero attached hydrogens (tertiary/aromatic N) is 5. The minimum atomic E-state index is -1.05. The summed E-state index contributed by atoms with van der Waals surface area (Å²) in [4.78, 5) is 50.4. The minimum absolute atomic E-state index is 0.406. The maximum Gasteiger partial charge on any atom is 0.351 e. The summed E-state index contributed by atoms with van der Waals surface area (Å²) < 4.78 is 11.0. The molecular formula is C17H20N6O5. The Balaban J connectivity index is 2.19. The molecular weight excluding hydrogens is 368 g/mol. The molecule has 0 bridgehead atoms. The first kappa shape index (κ1) is 17.9. The first-order valence-electron chi connectivity index (χ1n) is 8.58. The Labute approximate surface area is 157 Å².